The summed E-state index contributed by atoms with van der Waals surface area (Å²) in [6, 6.07) is 14.3. The molecule has 0 aromatic heterocycles. The van der Waals surface area contributed by atoms with E-state index >= 15 is 0 Å². The zero-order valence-electron chi connectivity index (χ0n) is 11.7. The Kier molecular flexibility index (Phi) is 3.98. The second kappa shape index (κ2) is 5.36. The van der Waals surface area contributed by atoms with Crippen LogP contribution in [-0.2, 0) is 12.0 Å². The Morgan fingerprint density at radius 1 is 1.05 bits per heavy atom. The van der Waals surface area contributed by atoms with Gasteiger partial charge < -0.3 is 5.73 Å². The van der Waals surface area contributed by atoms with Crippen molar-refractivity contribution in [1.82, 2.24) is 0 Å². The highest BCUT2D eigenvalue weighted by Crippen LogP contribution is 2.25. The largest absolute Gasteiger partial charge is 0.321 e. The van der Waals surface area contributed by atoms with Gasteiger partial charge in [-0.25, -0.2) is 0 Å². The summed E-state index contributed by atoms with van der Waals surface area (Å²) in [5.74, 6) is 0. The quantitative estimate of drug-likeness (QED) is 0.883. The molecule has 0 spiro atoms. The SMILES string of the molecule is Cc1ccc(CC(C)(N)c2cccc(Cl)c2)cc1C. The molecule has 2 aromatic rings. The molecule has 0 bridgehead atoms. The second-order valence-electron chi connectivity index (χ2n) is 5.52. The van der Waals surface area contributed by atoms with Crippen LogP contribution in [0, 0.1) is 13.8 Å². The number of rotatable bonds is 3. The fraction of sp³-hybridized carbons (Fsp3) is 0.294. The van der Waals surface area contributed by atoms with Crippen LogP contribution >= 0.6 is 11.6 Å². The van der Waals surface area contributed by atoms with Crippen molar-refractivity contribution < 1.29 is 0 Å². The molecule has 0 radical (unpaired) electrons. The lowest BCUT2D eigenvalue weighted by Crippen LogP contribution is -2.35. The maximum atomic E-state index is 6.47. The van der Waals surface area contributed by atoms with E-state index < -0.39 is 5.54 Å². The van der Waals surface area contributed by atoms with Crippen molar-refractivity contribution in [2.75, 3.05) is 0 Å². The highest BCUT2D eigenvalue weighted by Gasteiger charge is 2.22. The zero-order chi connectivity index (χ0) is 14.0. The molecule has 0 aliphatic heterocycles. The minimum Gasteiger partial charge on any atom is -0.321 e. The van der Waals surface area contributed by atoms with Gasteiger partial charge in [0.25, 0.3) is 0 Å². The average Bonchev–Trinajstić information content (AvgIpc) is 2.33. The smallest absolute Gasteiger partial charge is 0.0422 e. The summed E-state index contributed by atoms with van der Waals surface area (Å²) in [5, 5.41) is 0.731. The minimum absolute atomic E-state index is 0.410. The number of benzene rings is 2. The van der Waals surface area contributed by atoms with Crippen molar-refractivity contribution in [3.05, 3.63) is 69.7 Å². The van der Waals surface area contributed by atoms with Crippen molar-refractivity contribution in [3.63, 3.8) is 0 Å². The van der Waals surface area contributed by atoms with Gasteiger partial charge in [0, 0.05) is 10.6 Å². The summed E-state index contributed by atoms with van der Waals surface area (Å²) in [4.78, 5) is 0. The van der Waals surface area contributed by atoms with Gasteiger partial charge in [-0.2, -0.15) is 0 Å². The Morgan fingerprint density at radius 3 is 2.42 bits per heavy atom. The Balaban J connectivity index is 2.27. The fourth-order valence-corrected chi connectivity index (χ4v) is 2.47. The van der Waals surface area contributed by atoms with E-state index in [-0.39, 0.29) is 0 Å². The maximum Gasteiger partial charge on any atom is 0.0422 e. The highest BCUT2D eigenvalue weighted by molar-refractivity contribution is 6.30. The molecule has 1 unspecified atom stereocenters. The third kappa shape index (κ3) is 3.37. The first-order valence-electron chi connectivity index (χ1n) is 6.49. The average molecular weight is 274 g/mol. The molecule has 2 N–H and O–H groups in total. The molecule has 2 aromatic carbocycles. The van der Waals surface area contributed by atoms with Crippen molar-refractivity contribution in [1.29, 1.82) is 0 Å². The summed E-state index contributed by atoms with van der Waals surface area (Å²) in [7, 11) is 0. The van der Waals surface area contributed by atoms with Crippen LogP contribution in [0.1, 0.15) is 29.2 Å². The molecule has 19 heavy (non-hydrogen) atoms. The molecular formula is C17H20ClN. The van der Waals surface area contributed by atoms with Crippen molar-refractivity contribution in [2.24, 2.45) is 5.73 Å². The molecule has 0 amide bonds. The van der Waals surface area contributed by atoms with E-state index in [1.165, 1.54) is 16.7 Å². The summed E-state index contributed by atoms with van der Waals surface area (Å²) in [6.45, 7) is 6.30. The number of nitrogens with two attached hydrogens (primary N) is 1. The van der Waals surface area contributed by atoms with E-state index in [2.05, 4.69) is 32.0 Å². The molecule has 0 saturated carbocycles. The molecule has 0 fully saturated rings. The van der Waals surface area contributed by atoms with Crippen molar-refractivity contribution in [2.45, 2.75) is 32.7 Å². The normalized spacial score (nSPS) is 14.2. The van der Waals surface area contributed by atoms with E-state index in [0.717, 1.165) is 17.0 Å². The summed E-state index contributed by atoms with van der Waals surface area (Å²) < 4.78 is 0. The van der Waals surface area contributed by atoms with Crippen LogP contribution in [0.3, 0.4) is 0 Å². The second-order valence-corrected chi connectivity index (χ2v) is 5.96. The van der Waals surface area contributed by atoms with Gasteiger partial charge in [-0.1, -0.05) is 41.9 Å². The molecule has 1 atom stereocenters. The van der Waals surface area contributed by atoms with Crippen LogP contribution in [0.15, 0.2) is 42.5 Å². The molecule has 0 heterocycles. The van der Waals surface area contributed by atoms with Crippen LogP contribution in [0.25, 0.3) is 0 Å². The predicted octanol–water partition coefficient (Wildman–Crippen LogP) is 4.37. The van der Waals surface area contributed by atoms with Gasteiger partial charge in [-0.05, 0) is 61.6 Å². The van der Waals surface area contributed by atoms with Gasteiger partial charge in [0.05, 0.1) is 0 Å². The van der Waals surface area contributed by atoms with Gasteiger partial charge in [-0.3, -0.25) is 0 Å². The Hall–Kier alpha value is -1.31. The van der Waals surface area contributed by atoms with E-state index in [4.69, 9.17) is 17.3 Å². The lowest BCUT2D eigenvalue weighted by Gasteiger charge is -2.26. The Labute approximate surface area is 120 Å². The van der Waals surface area contributed by atoms with E-state index in [1.807, 2.05) is 31.2 Å². The lowest BCUT2D eigenvalue weighted by atomic mass is 9.86. The molecular weight excluding hydrogens is 254 g/mol. The van der Waals surface area contributed by atoms with Gasteiger partial charge in [0.1, 0.15) is 0 Å². The van der Waals surface area contributed by atoms with E-state index in [9.17, 15) is 0 Å². The minimum atomic E-state index is -0.410. The maximum absolute atomic E-state index is 6.47. The summed E-state index contributed by atoms with van der Waals surface area (Å²) >= 11 is 6.04. The van der Waals surface area contributed by atoms with Crippen LogP contribution in [0.5, 0.6) is 0 Å². The predicted molar refractivity (Wildman–Crippen MR) is 82.6 cm³/mol. The van der Waals surface area contributed by atoms with Crippen LogP contribution < -0.4 is 5.73 Å². The van der Waals surface area contributed by atoms with Crippen LogP contribution in [0.2, 0.25) is 5.02 Å². The van der Waals surface area contributed by atoms with E-state index in [1.54, 1.807) is 0 Å². The summed E-state index contributed by atoms with van der Waals surface area (Å²) in [5.41, 5.74) is 11.0. The first-order chi connectivity index (χ1) is 8.88. The Morgan fingerprint density at radius 2 is 1.79 bits per heavy atom. The topological polar surface area (TPSA) is 26.0 Å². The first-order valence-corrected chi connectivity index (χ1v) is 6.87. The van der Waals surface area contributed by atoms with Gasteiger partial charge >= 0.3 is 0 Å². The lowest BCUT2D eigenvalue weighted by molar-refractivity contribution is 0.491. The molecule has 2 heteroatoms. The molecule has 2 rings (SSSR count). The van der Waals surface area contributed by atoms with Crippen molar-refractivity contribution >= 4 is 11.6 Å². The third-order valence-corrected chi connectivity index (χ3v) is 3.86. The fourth-order valence-electron chi connectivity index (χ4n) is 2.28. The highest BCUT2D eigenvalue weighted by atomic mass is 35.5. The number of hydrogen-bond donors (Lipinski definition) is 1. The number of aryl methyl sites for hydroxylation is 2. The van der Waals surface area contributed by atoms with Gasteiger partial charge in [-0.15, -0.1) is 0 Å². The molecule has 0 aliphatic rings. The molecule has 1 nitrogen and oxygen atoms in total. The molecule has 0 aliphatic carbocycles. The molecule has 0 saturated heterocycles. The molecule has 100 valence electrons. The number of hydrogen-bond acceptors (Lipinski definition) is 1. The van der Waals surface area contributed by atoms with E-state index in [0.29, 0.717) is 0 Å². The monoisotopic (exact) mass is 273 g/mol. The van der Waals surface area contributed by atoms with Gasteiger partial charge in [0.15, 0.2) is 0 Å². The first kappa shape index (κ1) is 14.1. The summed E-state index contributed by atoms with van der Waals surface area (Å²) in [6.07, 6.45) is 0.800. The Bertz CT molecular complexity index is 588. The van der Waals surface area contributed by atoms with Crippen LogP contribution in [0.4, 0.5) is 0 Å². The zero-order valence-corrected chi connectivity index (χ0v) is 12.5. The standard InChI is InChI=1S/C17H20ClN/c1-12-7-8-14(9-13(12)2)11-17(3,19)15-5-4-6-16(18)10-15/h4-10H,11,19H2,1-3H3. The number of halogens is 1. The van der Waals surface area contributed by atoms with Gasteiger partial charge in [0.2, 0.25) is 0 Å². The third-order valence-electron chi connectivity index (χ3n) is 3.63. The van der Waals surface area contributed by atoms with Crippen molar-refractivity contribution in [3.8, 4) is 0 Å². The van der Waals surface area contributed by atoms with Crippen LogP contribution in [-0.4, -0.2) is 0 Å².